The predicted octanol–water partition coefficient (Wildman–Crippen LogP) is 0.818. The van der Waals surface area contributed by atoms with E-state index in [4.69, 9.17) is 9.84 Å². The van der Waals surface area contributed by atoms with E-state index in [1.54, 1.807) is 0 Å². The quantitative estimate of drug-likeness (QED) is 0.751. The summed E-state index contributed by atoms with van der Waals surface area (Å²) in [4.78, 5) is 12.9. The van der Waals surface area contributed by atoms with E-state index in [0.29, 0.717) is 5.92 Å². The van der Waals surface area contributed by atoms with Crippen LogP contribution in [0, 0.1) is 11.8 Å². The maximum Gasteiger partial charge on any atom is 0.308 e. The lowest BCUT2D eigenvalue weighted by Gasteiger charge is -2.27. The third-order valence-corrected chi connectivity index (χ3v) is 3.53. The van der Waals surface area contributed by atoms with Crippen molar-refractivity contribution in [3.63, 3.8) is 0 Å². The lowest BCUT2D eigenvalue weighted by molar-refractivity contribution is -0.139. The average Bonchev–Trinajstić information content (AvgIpc) is 2.98. The third-order valence-electron chi connectivity index (χ3n) is 3.53. The van der Waals surface area contributed by atoms with Gasteiger partial charge in [0.1, 0.15) is 0 Å². The van der Waals surface area contributed by atoms with Crippen molar-refractivity contribution in [2.45, 2.75) is 25.3 Å². The molecular weight excluding hydrogens is 194 g/mol. The molecule has 2 atom stereocenters. The lowest BCUT2D eigenvalue weighted by atomic mass is 10.00. The molecule has 2 fully saturated rings. The molecule has 0 aromatic carbocycles. The van der Waals surface area contributed by atoms with E-state index in [2.05, 4.69) is 4.90 Å². The topological polar surface area (TPSA) is 49.8 Å². The van der Waals surface area contributed by atoms with Gasteiger partial charge in [0.15, 0.2) is 0 Å². The van der Waals surface area contributed by atoms with Crippen LogP contribution in [0.3, 0.4) is 0 Å². The van der Waals surface area contributed by atoms with Crippen molar-refractivity contribution in [2.75, 3.05) is 26.8 Å². The highest BCUT2D eigenvalue weighted by Gasteiger charge is 2.46. The summed E-state index contributed by atoms with van der Waals surface area (Å²) in [5.41, 5.74) is 0. The molecule has 0 spiro atoms. The number of hydrogen-bond donors (Lipinski definition) is 1. The van der Waals surface area contributed by atoms with Gasteiger partial charge in [0, 0.05) is 25.8 Å². The number of carbonyl (C=O) groups is 1. The first-order valence-electron chi connectivity index (χ1n) is 5.69. The van der Waals surface area contributed by atoms with Crippen LogP contribution in [0.1, 0.15) is 19.3 Å². The van der Waals surface area contributed by atoms with Crippen LogP contribution in [0.5, 0.6) is 0 Å². The monoisotopic (exact) mass is 213 g/mol. The standard InChI is InChI=1S/C11H19NO3/c1-12(10-6-9(10)11(13)14)7-8-2-4-15-5-3-8/h8-10H,2-7H2,1H3,(H,13,14). The van der Waals surface area contributed by atoms with Gasteiger partial charge in [-0.05, 0) is 32.2 Å². The summed E-state index contributed by atoms with van der Waals surface area (Å²) >= 11 is 0. The largest absolute Gasteiger partial charge is 0.481 e. The highest BCUT2D eigenvalue weighted by Crippen LogP contribution is 2.35. The summed E-state index contributed by atoms with van der Waals surface area (Å²) in [7, 11) is 2.04. The van der Waals surface area contributed by atoms with Crippen molar-refractivity contribution >= 4 is 5.97 Å². The average molecular weight is 213 g/mol. The van der Waals surface area contributed by atoms with E-state index < -0.39 is 5.97 Å². The Hall–Kier alpha value is -0.610. The van der Waals surface area contributed by atoms with Crippen molar-refractivity contribution in [3.8, 4) is 0 Å². The number of carboxylic acid groups (broad SMARTS) is 1. The first-order chi connectivity index (χ1) is 7.18. The van der Waals surface area contributed by atoms with Crippen molar-refractivity contribution in [1.82, 2.24) is 4.90 Å². The predicted molar refractivity (Wildman–Crippen MR) is 55.7 cm³/mol. The fraction of sp³-hybridized carbons (Fsp3) is 0.909. The Balaban J connectivity index is 1.73. The van der Waals surface area contributed by atoms with Gasteiger partial charge in [-0.1, -0.05) is 0 Å². The Kier molecular flexibility index (Phi) is 3.26. The van der Waals surface area contributed by atoms with Gasteiger partial charge in [0.25, 0.3) is 0 Å². The Morgan fingerprint density at radius 1 is 1.47 bits per heavy atom. The first kappa shape index (κ1) is 10.9. The molecule has 1 saturated heterocycles. The molecule has 1 aliphatic carbocycles. The Bertz CT molecular complexity index is 238. The van der Waals surface area contributed by atoms with Gasteiger partial charge in [-0.15, -0.1) is 0 Å². The molecule has 2 rings (SSSR count). The van der Waals surface area contributed by atoms with E-state index in [-0.39, 0.29) is 12.0 Å². The molecule has 86 valence electrons. The van der Waals surface area contributed by atoms with E-state index >= 15 is 0 Å². The molecule has 4 nitrogen and oxygen atoms in total. The van der Waals surface area contributed by atoms with Crippen molar-refractivity contribution < 1.29 is 14.6 Å². The lowest BCUT2D eigenvalue weighted by Crippen LogP contribution is -2.32. The number of hydrogen-bond acceptors (Lipinski definition) is 3. The third kappa shape index (κ3) is 2.69. The Morgan fingerprint density at radius 3 is 2.67 bits per heavy atom. The molecule has 4 heteroatoms. The van der Waals surface area contributed by atoms with Crippen LogP contribution in [0.4, 0.5) is 0 Å². The molecule has 0 bridgehead atoms. The molecule has 1 aliphatic heterocycles. The van der Waals surface area contributed by atoms with Gasteiger partial charge in [0.05, 0.1) is 5.92 Å². The van der Waals surface area contributed by atoms with Crippen LogP contribution in [0.15, 0.2) is 0 Å². The highest BCUT2D eigenvalue weighted by molar-refractivity contribution is 5.74. The number of rotatable bonds is 4. The minimum atomic E-state index is -0.640. The first-order valence-corrected chi connectivity index (χ1v) is 5.69. The van der Waals surface area contributed by atoms with Gasteiger partial charge >= 0.3 is 5.97 Å². The molecule has 0 radical (unpaired) electrons. The van der Waals surface area contributed by atoms with Crippen LogP contribution < -0.4 is 0 Å². The normalized spacial score (nSPS) is 31.9. The van der Waals surface area contributed by atoms with Crippen LogP contribution in [-0.4, -0.2) is 48.8 Å². The van der Waals surface area contributed by atoms with Crippen molar-refractivity contribution in [1.29, 1.82) is 0 Å². The molecule has 1 N–H and O–H groups in total. The van der Waals surface area contributed by atoms with Gasteiger partial charge < -0.3 is 14.7 Å². The molecule has 0 amide bonds. The Morgan fingerprint density at radius 2 is 2.13 bits per heavy atom. The summed E-state index contributed by atoms with van der Waals surface area (Å²) in [5, 5.41) is 8.83. The molecule has 1 heterocycles. The van der Waals surface area contributed by atoms with Crippen LogP contribution in [0.2, 0.25) is 0 Å². The second kappa shape index (κ2) is 4.49. The fourth-order valence-corrected chi connectivity index (χ4v) is 2.41. The molecular formula is C11H19NO3. The highest BCUT2D eigenvalue weighted by atomic mass is 16.5. The van der Waals surface area contributed by atoms with Gasteiger partial charge in [-0.3, -0.25) is 4.79 Å². The maximum absolute atomic E-state index is 10.7. The second-order valence-corrected chi connectivity index (χ2v) is 4.74. The molecule has 15 heavy (non-hydrogen) atoms. The van der Waals surface area contributed by atoms with E-state index in [0.717, 1.165) is 39.0 Å². The van der Waals surface area contributed by atoms with E-state index in [9.17, 15) is 4.79 Å². The van der Waals surface area contributed by atoms with Gasteiger partial charge in [0.2, 0.25) is 0 Å². The summed E-state index contributed by atoms with van der Waals surface area (Å²) < 4.78 is 5.30. The zero-order valence-electron chi connectivity index (χ0n) is 9.19. The molecule has 2 unspecified atom stereocenters. The van der Waals surface area contributed by atoms with E-state index in [1.165, 1.54) is 0 Å². The molecule has 1 saturated carbocycles. The zero-order valence-corrected chi connectivity index (χ0v) is 9.19. The maximum atomic E-state index is 10.7. The summed E-state index contributed by atoms with van der Waals surface area (Å²) in [6.45, 7) is 2.76. The summed E-state index contributed by atoms with van der Waals surface area (Å²) in [6, 6.07) is 0.283. The van der Waals surface area contributed by atoms with E-state index in [1.807, 2.05) is 7.05 Å². The van der Waals surface area contributed by atoms with Crippen molar-refractivity contribution in [2.24, 2.45) is 11.8 Å². The Labute approximate surface area is 90.2 Å². The van der Waals surface area contributed by atoms with Crippen LogP contribution in [0.25, 0.3) is 0 Å². The SMILES string of the molecule is CN(CC1CCOCC1)C1CC1C(=O)O. The van der Waals surface area contributed by atoms with Crippen LogP contribution >= 0.6 is 0 Å². The second-order valence-electron chi connectivity index (χ2n) is 4.74. The summed E-state index contributed by atoms with van der Waals surface area (Å²) in [5.74, 6) is -0.0625. The molecule has 0 aromatic heterocycles. The minimum Gasteiger partial charge on any atom is -0.481 e. The zero-order chi connectivity index (χ0) is 10.8. The molecule has 2 aliphatic rings. The van der Waals surface area contributed by atoms with Gasteiger partial charge in [-0.25, -0.2) is 0 Å². The number of carboxylic acids is 1. The van der Waals surface area contributed by atoms with Gasteiger partial charge in [-0.2, -0.15) is 0 Å². The summed E-state index contributed by atoms with van der Waals surface area (Å²) in [6.07, 6.45) is 3.07. The van der Waals surface area contributed by atoms with Crippen molar-refractivity contribution in [3.05, 3.63) is 0 Å². The minimum absolute atomic E-state index is 0.116. The van der Waals surface area contributed by atoms with Crippen LogP contribution in [-0.2, 0) is 9.53 Å². The fourth-order valence-electron chi connectivity index (χ4n) is 2.41. The molecule has 0 aromatic rings. The smallest absolute Gasteiger partial charge is 0.308 e. The number of ether oxygens (including phenoxy) is 1. The number of nitrogens with zero attached hydrogens (tertiary/aromatic N) is 1. The number of aliphatic carboxylic acids is 1.